The molecule has 6 aromatic rings. The van der Waals surface area contributed by atoms with Gasteiger partial charge in [0.2, 0.25) is 0 Å². The molecule has 0 spiro atoms. The number of fused-ring (bicyclic) bond motifs is 2. The van der Waals surface area contributed by atoms with E-state index in [1.807, 2.05) is 31.3 Å². The van der Waals surface area contributed by atoms with Crippen LogP contribution in [0.3, 0.4) is 0 Å². The minimum absolute atomic E-state index is 0.700. The van der Waals surface area contributed by atoms with Gasteiger partial charge in [0.05, 0.1) is 17.3 Å². The van der Waals surface area contributed by atoms with E-state index in [0.717, 1.165) is 39.0 Å². The predicted molar refractivity (Wildman–Crippen MR) is 127 cm³/mol. The van der Waals surface area contributed by atoms with Gasteiger partial charge in [0.1, 0.15) is 17.2 Å². The van der Waals surface area contributed by atoms with Gasteiger partial charge in [-0.15, -0.1) is 0 Å². The molecule has 3 aromatic heterocycles. The second-order valence-corrected chi connectivity index (χ2v) is 7.92. The minimum Gasteiger partial charge on any atom is -0.464 e. The quantitative estimate of drug-likeness (QED) is 0.236. The fourth-order valence-electron chi connectivity index (χ4n) is 4.62. The molecule has 0 aliphatic heterocycles. The number of hydrogen-bond donors (Lipinski definition) is 0. The van der Waals surface area contributed by atoms with Gasteiger partial charge in [-0.25, -0.2) is 9.97 Å². The SMILES string of the molecule is C/C=C\C(C)=C/Cc1nccc(-n2c3cccc4ccc5c6occc6cc2c5c43)n1. The molecule has 0 radical (unpaired) electrons. The van der Waals surface area contributed by atoms with Crippen molar-refractivity contribution in [3.63, 3.8) is 0 Å². The molecule has 0 bridgehead atoms. The number of allylic oxidation sites excluding steroid dienone is 4. The number of nitrogens with zero attached hydrogens (tertiary/aromatic N) is 3. The zero-order valence-electron chi connectivity index (χ0n) is 17.5. The molecule has 0 amide bonds. The third-order valence-electron chi connectivity index (χ3n) is 5.95. The van der Waals surface area contributed by atoms with Crippen LogP contribution in [0.1, 0.15) is 19.7 Å². The van der Waals surface area contributed by atoms with Gasteiger partial charge in [0, 0.05) is 34.2 Å². The minimum atomic E-state index is 0.700. The first-order valence-electron chi connectivity index (χ1n) is 10.5. The molecule has 6 rings (SSSR count). The van der Waals surface area contributed by atoms with E-state index in [2.05, 4.69) is 65.0 Å². The van der Waals surface area contributed by atoms with Crippen LogP contribution >= 0.6 is 0 Å². The lowest BCUT2D eigenvalue weighted by molar-refractivity contribution is 0.619. The van der Waals surface area contributed by atoms with E-state index in [1.165, 1.54) is 21.7 Å². The highest BCUT2D eigenvalue weighted by Crippen LogP contribution is 2.41. The summed E-state index contributed by atoms with van der Waals surface area (Å²) in [6.45, 7) is 4.12. The van der Waals surface area contributed by atoms with Crippen LogP contribution in [0.15, 0.2) is 89.2 Å². The summed E-state index contributed by atoms with van der Waals surface area (Å²) in [4.78, 5) is 9.44. The zero-order valence-corrected chi connectivity index (χ0v) is 17.5. The van der Waals surface area contributed by atoms with E-state index >= 15 is 0 Å². The fraction of sp³-hybridized carbons (Fsp3) is 0.111. The van der Waals surface area contributed by atoms with E-state index in [4.69, 9.17) is 9.40 Å². The second-order valence-electron chi connectivity index (χ2n) is 7.92. The Morgan fingerprint density at radius 3 is 2.87 bits per heavy atom. The summed E-state index contributed by atoms with van der Waals surface area (Å²) < 4.78 is 8.09. The molecule has 150 valence electrons. The third-order valence-corrected chi connectivity index (χ3v) is 5.95. The van der Waals surface area contributed by atoms with Crippen molar-refractivity contribution < 1.29 is 4.42 Å². The summed E-state index contributed by atoms with van der Waals surface area (Å²) in [6, 6.07) is 17.0. The normalized spacial score (nSPS) is 13.0. The zero-order chi connectivity index (χ0) is 20.9. The van der Waals surface area contributed by atoms with Gasteiger partial charge < -0.3 is 4.42 Å². The van der Waals surface area contributed by atoms with Crippen molar-refractivity contribution in [2.45, 2.75) is 20.3 Å². The molecule has 0 atom stereocenters. The van der Waals surface area contributed by atoms with Crippen molar-refractivity contribution >= 4 is 43.5 Å². The van der Waals surface area contributed by atoms with Crippen LogP contribution in [0.5, 0.6) is 0 Å². The molecule has 0 fully saturated rings. The van der Waals surface area contributed by atoms with E-state index in [0.29, 0.717) is 6.42 Å². The Morgan fingerprint density at radius 1 is 1.03 bits per heavy atom. The lowest BCUT2D eigenvalue weighted by Gasteiger charge is -2.08. The molecule has 4 heteroatoms. The number of hydrogen-bond acceptors (Lipinski definition) is 3. The number of benzene rings is 3. The molecule has 4 nitrogen and oxygen atoms in total. The van der Waals surface area contributed by atoms with Crippen LogP contribution in [-0.4, -0.2) is 14.5 Å². The summed E-state index contributed by atoms with van der Waals surface area (Å²) in [7, 11) is 0. The van der Waals surface area contributed by atoms with E-state index in [9.17, 15) is 0 Å². The summed E-state index contributed by atoms with van der Waals surface area (Å²) in [5.41, 5.74) is 4.43. The van der Waals surface area contributed by atoms with Gasteiger partial charge in [-0.05, 0) is 49.6 Å². The molecule has 3 heterocycles. The summed E-state index contributed by atoms with van der Waals surface area (Å²) in [5, 5.41) is 5.92. The average molecular weight is 403 g/mol. The van der Waals surface area contributed by atoms with Crippen molar-refractivity contribution in [1.29, 1.82) is 0 Å². The van der Waals surface area contributed by atoms with Crippen LogP contribution in [-0.2, 0) is 6.42 Å². The van der Waals surface area contributed by atoms with Gasteiger partial charge in [-0.2, -0.15) is 0 Å². The first-order chi connectivity index (χ1) is 15.2. The average Bonchev–Trinajstić information content (AvgIpc) is 3.39. The molecule has 0 N–H and O–H groups in total. The van der Waals surface area contributed by atoms with Crippen molar-refractivity contribution in [1.82, 2.24) is 14.5 Å². The molecule has 31 heavy (non-hydrogen) atoms. The summed E-state index contributed by atoms with van der Waals surface area (Å²) in [5.74, 6) is 1.69. The predicted octanol–water partition coefficient (Wildman–Crippen LogP) is 6.98. The topological polar surface area (TPSA) is 43.9 Å². The van der Waals surface area contributed by atoms with Gasteiger partial charge in [-0.1, -0.05) is 42.0 Å². The highest BCUT2D eigenvalue weighted by atomic mass is 16.3. The number of rotatable bonds is 4. The molecule has 3 aromatic carbocycles. The van der Waals surface area contributed by atoms with Gasteiger partial charge in [0.25, 0.3) is 0 Å². The smallest absolute Gasteiger partial charge is 0.141 e. The maximum absolute atomic E-state index is 5.84. The largest absolute Gasteiger partial charge is 0.464 e. The van der Waals surface area contributed by atoms with Gasteiger partial charge in [0.15, 0.2) is 0 Å². The van der Waals surface area contributed by atoms with E-state index in [-0.39, 0.29) is 0 Å². The van der Waals surface area contributed by atoms with Crippen LogP contribution in [0.4, 0.5) is 0 Å². The maximum Gasteiger partial charge on any atom is 0.141 e. The van der Waals surface area contributed by atoms with Crippen molar-refractivity contribution in [2.24, 2.45) is 0 Å². The molecular formula is C27H21N3O. The van der Waals surface area contributed by atoms with Crippen molar-refractivity contribution in [2.75, 3.05) is 0 Å². The lowest BCUT2D eigenvalue weighted by atomic mass is 10.0. The Bertz CT molecular complexity index is 1630. The highest BCUT2D eigenvalue weighted by Gasteiger charge is 2.20. The van der Waals surface area contributed by atoms with E-state index < -0.39 is 0 Å². The Kier molecular flexibility index (Phi) is 3.93. The summed E-state index contributed by atoms with van der Waals surface area (Å²) in [6.07, 6.45) is 10.6. The van der Waals surface area contributed by atoms with Crippen LogP contribution in [0, 0.1) is 0 Å². The van der Waals surface area contributed by atoms with Crippen LogP contribution in [0.2, 0.25) is 0 Å². The van der Waals surface area contributed by atoms with Crippen molar-refractivity contribution in [3.05, 3.63) is 90.6 Å². The second kappa shape index (κ2) is 6.81. The van der Waals surface area contributed by atoms with Gasteiger partial charge in [-0.3, -0.25) is 4.57 Å². The highest BCUT2D eigenvalue weighted by molar-refractivity contribution is 6.28. The van der Waals surface area contributed by atoms with Crippen LogP contribution < -0.4 is 0 Å². The monoisotopic (exact) mass is 403 g/mol. The Morgan fingerprint density at radius 2 is 1.97 bits per heavy atom. The maximum atomic E-state index is 5.84. The number of furan rings is 1. The molecule has 0 saturated heterocycles. The first-order valence-corrected chi connectivity index (χ1v) is 10.5. The van der Waals surface area contributed by atoms with E-state index in [1.54, 1.807) is 6.26 Å². The summed E-state index contributed by atoms with van der Waals surface area (Å²) >= 11 is 0. The molecule has 0 saturated carbocycles. The van der Waals surface area contributed by atoms with Crippen LogP contribution in [0.25, 0.3) is 49.4 Å². The molecular weight excluding hydrogens is 382 g/mol. The standard InChI is InChI=1S/C27H21N3O/c1-3-5-17(2)8-11-23-28-14-12-24(29-23)30-21-7-4-6-18-9-10-20-26(25(18)21)22(30)16-19-13-15-31-27(19)20/h3-10,12-16H,11H2,1-2H3/b5-3-,17-8-. The fourth-order valence-corrected chi connectivity index (χ4v) is 4.62. The lowest BCUT2D eigenvalue weighted by Crippen LogP contribution is -2.02. The Balaban J connectivity index is 1.64. The third kappa shape index (κ3) is 2.68. The van der Waals surface area contributed by atoms with Gasteiger partial charge >= 0.3 is 0 Å². The molecule has 0 aliphatic carbocycles. The first kappa shape index (κ1) is 17.9. The van der Waals surface area contributed by atoms with Crippen molar-refractivity contribution in [3.8, 4) is 5.82 Å². The Labute approximate surface area is 179 Å². The Hall–Kier alpha value is -3.92. The molecule has 0 unspecified atom stereocenters. The molecule has 0 aliphatic rings. The number of aromatic nitrogens is 3.